The van der Waals surface area contributed by atoms with Gasteiger partial charge in [0, 0.05) is 27.5 Å². The lowest BCUT2D eigenvalue weighted by Gasteiger charge is -2.16. The molecule has 2 rings (SSSR count). The molecule has 0 aromatic heterocycles. The van der Waals surface area contributed by atoms with Crippen molar-refractivity contribution in [2.45, 2.75) is 19.4 Å². The highest BCUT2D eigenvalue weighted by molar-refractivity contribution is 9.10. The van der Waals surface area contributed by atoms with Gasteiger partial charge in [-0.05, 0) is 42.8 Å². The maximum atomic E-state index is 12.0. The maximum absolute atomic E-state index is 12.0. The zero-order valence-electron chi connectivity index (χ0n) is 13.2. The number of carbonyl (C=O) groups is 2. The fourth-order valence-electron chi connectivity index (χ4n) is 2.21. The summed E-state index contributed by atoms with van der Waals surface area (Å²) in [6.07, 6.45) is 0.233. The summed E-state index contributed by atoms with van der Waals surface area (Å²) in [5, 5.41) is 5.68. The predicted molar refractivity (Wildman–Crippen MR) is 102 cm³/mol. The summed E-state index contributed by atoms with van der Waals surface area (Å²) in [4.78, 5) is 24.0. The van der Waals surface area contributed by atoms with Crippen LogP contribution in [0.3, 0.4) is 0 Å². The molecule has 0 heterocycles. The Hall–Kier alpha value is -1.66. The van der Waals surface area contributed by atoms with E-state index < -0.39 is 0 Å². The Morgan fingerprint density at radius 3 is 2.38 bits per heavy atom. The van der Waals surface area contributed by atoms with Crippen molar-refractivity contribution in [3.8, 4) is 0 Å². The van der Waals surface area contributed by atoms with Crippen LogP contribution in [-0.2, 0) is 4.79 Å². The third kappa shape index (κ3) is 5.46. The van der Waals surface area contributed by atoms with Crippen molar-refractivity contribution in [3.05, 3.63) is 68.6 Å². The van der Waals surface area contributed by atoms with Gasteiger partial charge in [-0.25, -0.2) is 0 Å². The molecular formula is C18H18Br2N2O2. The van der Waals surface area contributed by atoms with E-state index >= 15 is 0 Å². The molecule has 0 spiro atoms. The molecule has 24 heavy (non-hydrogen) atoms. The highest BCUT2D eigenvalue weighted by Crippen LogP contribution is 2.22. The number of hydrogen-bond donors (Lipinski definition) is 2. The second kappa shape index (κ2) is 8.99. The van der Waals surface area contributed by atoms with Gasteiger partial charge in [-0.1, -0.05) is 50.1 Å². The first-order valence-corrected chi connectivity index (χ1v) is 9.13. The van der Waals surface area contributed by atoms with Crippen molar-refractivity contribution in [2.75, 3.05) is 6.54 Å². The average Bonchev–Trinajstić information content (AvgIpc) is 2.55. The molecule has 0 fully saturated rings. The summed E-state index contributed by atoms with van der Waals surface area (Å²) in [7, 11) is 0. The number of hydrogen-bond acceptors (Lipinski definition) is 2. The van der Waals surface area contributed by atoms with Gasteiger partial charge in [0.25, 0.3) is 5.91 Å². The smallest absolute Gasteiger partial charge is 0.251 e. The van der Waals surface area contributed by atoms with E-state index in [9.17, 15) is 9.59 Å². The van der Waals surface area contributed by atoms with Crippen LogP contribution in [0, 0.1) is 0 Å². The Morgan fingerprint density at radius 2 is 1.71 bits per heavy atom. The van der Waals surface area contributed by atoms with E-state index in [-0.39, 0.29) is 24.3 Å². The van der Waals surface area contributed by atoms with Crippen molar-refractivity contribution in [1.82, 2.24) is 10.6 Å². The molecule has 0 aliphatic rings. The minimum Gasteiger partial charge on any atom is -0.352 e. The van der Waals surface area contributed by atoms with E-state index in [4.69, 9.17) is 0 Å². The normalized spacial score (nSPS) is 11.6. The molecule has 1 unspecified atom stereocenters. The third-order valence-corrected chi connectivity index (χ3v) is 4.74. The Bertz CT molecular complexity index is 717. The van der Waals surface area contributed by atoms with Crippen LogP contribution in [0.5, 0.6) is 0 Å². The summed E-state index contributed by atoms with van der Waals surface area (Å²) in [5.41, 5.74) is 1.59. The first kappa shape index (κ1) is 18.7. The van der Waals surface area contributed by atoms with Crippen LogP contribution >= 0.6 is 31.9 Å². The molecule has 0 saturated heterocycles. The number of nitrogens with one attached hydrogen (secondary N) is 2. The standard InChI is InChI=1S/C18H18Br2N2O2/c1-12(15-4-2-3-5-16(15)20)22-17(23)10-11-21-18(24)13-6-8-14(19)9-7-13/h2-9,12H,10-11H2,1H3,(H,21,24)(H,22,23). The van der Waals surface area contributed by atoms with Gasteiger partial charge in [0.15, 0.2) is 0 Å². The number of halogens is 2. The first-order chi connectivity index (χ1) is 11.5. The van der Waals surface area contributed by atoms with Gasteiger partial charge in [0.1, 0.15) is 0 Å². The molecule has 2 aromatic rings. The van der Waals surface area contributed by atoms with Gasteiger partial charge in [0.2, 0.25) is 5.91 Å². The summed E-state index contributed by atoms with van der Waals surface area (Å²) in [5.74, 6) is -0.288. The molecule has 2 amide bonds. The van der Waals surface area contributed by atoms with Crippen molar-refractivity contribution in [3.63, 3.8) is 0 Å². The van der Waals surface area contributed by atoms with Crippen LogP contribution < -0.4 is 10.6 Å². The Morgan fingerprint density at radius 1 is 1.04 bits per heavy atom. The van der Waals surface area contributed by atoms with Crippen LogP contribution in [0.2, 0.25) is 0 Å². The van der Waals surface area contributed by atoms with Crippen LogP contribution in [0.1, 0.15) is 35.3 Å². The van der Waals surface area contributed by atoms with Gasteiger partial charge in [-0.15, -0.1) is 0 Å². The van der Waals surface area contributed by atoms with Crippen molar-refractivity contribution in [1.29, 1.82) is 0 Å². The monoisotopic (exact) mass is 452 g/mol. The quantitative estimate of drug-likeness (QED) is 0.688. The van der Waals surface area contributed by atoms with E-state index in [2.05, 4.69) is 42.5 Å². The third-order valence-electron chi connectivity index (χ3n) is 3.49. The van der Waals surface area contributed by atoms with Crippen molar-refractivity contribution < 1.29 is 9.59 Å². The minimum absolute atomic E-state index is 0.102. The molecule has 1 atom stereocenters. The van der Waals surface area contributed by atoms with Crippen molar-refractivity contribution >= 4 is 43.7 Å². The average molecular weight is 454 g/mol. The topological polar surface area (TPSA) is 58.2 Å². The van der Waals surface area contributed by atoms with Crippen LogP contribution in [0.25, 0.3) is 0 Å². The number of amides is 2. The van der Waals surface area contributed by atoms with E-state index in [1.54, 1.807) is 24.3 Å². The maximum Gasteiger partial charge on any atom is 0.251 e. The van der Waals surface area contributed by atoms with Crippen LogP contribution in [-0.4, -0.2) is 18.4 Å². The number of carbonyl (C=O) groups excluding carboxylic acids is 2. The SMILES string of the molecule is CC(NC(=O)CCNC(=O)c1ccc(Br)cc1)c1ccccc1Br. The van der Waals surface area contributed by atoms with E-state index in [0.717, 1.165) is 14.5 Å². The largest absolute Gasteiger partial charge is 0.352 e. The second-order valence-electron chi connectivity index (χ2n) is 5.32. The Kier molecular flexibility index (Phi) is 6.99. The van der Waals surface area contributed by atoms with E-state index in [1.807, 2.05) is 31.2 Å². The van der Waals surface area contributed by atoms with Gasteiger partial charge in [-0.2, -0.15) is 0 Å². The molecule has 2 aromatic carbocycles. The van der Waals surface area contributed by atoms with Gasteiger partial charge in [-0.3, -0.25) is 9.59 Å². The molecule has 6 heteroatoms. The molecule has 0 radical (unpaired) electrons. The Labute approximate surface area is 158 Å². The predicted octanol–water partition coefficient (Wildman–Crippen LogP) is 4.21. The second-order valence-corrected chi connectivity index (χ2v) is 7.09. The highest BCUT2D eigenvalue weighted by atomic mass is 79.9. The lowest BCUT2D eigenvalue weighted by atomic mass is 10.1. The molecular weight excluding hydrogens is 436 g/mol. The zero-order valence-corrected chi connectivity index (χ0v) is 16.4. The zero-order chi connectivity index (χ0) is 17.5. The van der Waals surface area contributed by atoms with Crippen LogP contribution in [0.4, 0.5) is 0 Å². The number of benzene rings is 2. The molecule has 0 saturated carbocycles. The minimum atomic E-state index is -0.186. The van der Waals surface area contributed by atoms with Crippen LogP contribution in [0.15, 0.2) is 57.5 Å². The fraction of sp³-hybridized carbons (Fsp3) is 0.222. The lowest BCUT2D eigenvalue weighted by Crippen LogP contribution is -2.32. The van der Waals surface area contributed by atoms with Gasteiger partial charge >= 0.3 is 0 Å². The molecule has 126 valence electrons. The first-order valence-electron chi connectivity index (χ1n) is 7.55. The molecule has 4 nitrogen and oxygen atoms in total. The Balaban J connectivity index is 1.78. The van der Waals surface area contributed by atoms with Crippen molar-refractivity contribution in [2.24, 2.45) is 0 Å². The van der Waals surface area contributed by atoms with E-state index in [0.29, 0.717) is 12.1 Å². The lowest BCUT2D eigenvalue weighted by molar-refractivity contribution is -0.121. The summed E-state index contributed by atoms with van der Waals surface area (Å²) >= 11 is 6.80. The summed E-state index contributed by atoms with van der Waals surface area (Å²) in [6.45, 7) is 2.22. The molecule has 0 bridgehead atoms. The molecule has 2 N–H and O–H groups in total. The van der Waals surface area contributed by atoms with Gasteiger partial charge < -0.3 is 10.6 Å². The molecule has 0 aliphatic heterocycles. The highest BCUT2D eigenvalue weighted by Gasteiger charge is 2.12. The summed E-state index contributed by atoms with van der Waals surface area (Å²) in [6, 6.07) is 14.7. The molecule has 0 aliphatic carbocycles. The number of rotatable bonds is 6. The fourth-order valence-corrected chi connectivity index (χ4v) is 3.10. The van der Waals surface area contributed by atoms with E-state index in [1.165, 1.54) is 0 Å². The van der Waals surface area contributed by atoms with Gasteiger partial charge in [0.05, 0.1) is 6.04 Å². The summed E-state index contributed by atoms with van der Waals surface area (Å²) < 4.78 is 1.88.